The van der Waals surface area contributed by atoms with Crippen molar-refractivity contribution in [1.82, 2.24) is 29.9 Å². The van der Waals surface area contributed by atoms with Crippen molar-refractivity contribution in [1.29, 1.82) is 0 Å². The van der Waals surface area contributed by atoms with E-state index >= 15 is 0 Å². The van der Waals surface area contributed by atoms with Crippen LogP contribution in [0.4, 0.5) is 17.3 Å². The topological polar surface area (TPSA) is 118 Å². The molecule has 18 aromatic rings. The first kappa shape index (κ1) is 65.6. The summed E-state index contributed by atoms with van der Waals surface area (Å²) in [6, 6.07) is 129. The molecule has 11 nitrogen and oxygen atoms in total. The maximum atomic E-state index is 7.45. The molecule has 24 rings (SSSR count). The maximum absolute atomic E-state index is 7.45. The number of aromatic nitrogens is 6. The van der Waals surface area contributed by atoms with Crippen LogP contribution in [0.1, 0.15) is 44.5 Å². The molecular weight excluding hydrogens is 1440 g/mol. The number of ether oxygens (including phenoxy) is 4. The summed E-state index contributed by atoms with van der Waals surface area (Å²) >= 11 is 1.68. The Kier molecular flexibility index (Phi) is 14.5. The lowest BCUT2D eigenvalue weighted by Gasteiger charge is -2.40. The Bertz CT molecular complexity index is 7080. The van der Waals surface area contributed by atoms with Gasteiger partial charge in [0.15, 0.2) is 40.6 Å². The van der Waals surface area contributed by atoms with Crippen LogP contribution < -0.4 is 23.8 Å². The molecule has 2 aromatic heterocycles. The van der Waals surface area contributed by atoms with E-state index in [2.05, 4.69) is 272 Å². The van der Waals surface area contributed by atoms with Crippen LogP contribution in [0.2, 0.25) is 0 Å². The van der Waals surface area contributed by atoms with E-state index in [1.807, 2.05) is 103 Å². The van der Waals surface area contributed by atoms with E-state index in [9.17, 15) is 0 Å². The molecule has 2 spiro atoms. The molecule has 1 unspecified atom stereocenters. The molecule has 0 radical (unpaired) electrons. The van der Waals surface area contributed by atoms with Crippen molar-refractivity contribution in [2.24, 2.45) is 0 Å². The van der Waals surface area contributed by atoms with Crippen LogP contribution in [0.25, 0.3) is 113 Å². The Balaban J connectivity index is 0.650. The van der Waals surface area contributed by atoms with Gasteiger partial charge < -0.3 is 18.9 Å². The number of hydrogen-bond donors (Lipinski definition) is 0. The molecule has 0 N–H and O–H groups in total. The van der Waals surface area contributed by atoms with E-state index in [0.29, 0.717) is 46.6 Å². The summed E-state index contributed by atoms with van der Waals surface area (Å²) < 4.78 is 28.8. The number of anilines is 3. The van der Waals surface area contributed by atoms with Crippen molar-refractivity contribution >= 4 is 29.1 Å². The third-order valence-corrected chi connectivity index (χ3v) is 24.8. The predicted octanol–water partition coefficient (Wildman–Crippen LogP) is 26.2. The van der Waals surface area contributed by atoms with E-state index in [0.717, 1.165) is 172 Å². The van der Waals surface area contributed by atoms with Gasteiger partial charge in [-0.15, -0.1) is 0 Å². The lowest BCUT2D eigenvalue weighted by molar-refractivity contribution is 0.436. The second kappa shape index (κ2) is 25.7. The zero-order valence-electron chi connectivity index (χ0n) is 61.9. The quantitative estimate of drug-likeness (QED) is 0.137. The third-order valence-electron chi connectivity index (χ3n) is 23.6. The van der Waals surface area contributed by atoms with Crippen LogP contribution in [-0.2, 0) is 10.8 Å². The average Bonchev–Trinajstić information content (AvgIpc) is 1.51. The SMILES string of the molecule is c1ccc(-c2nc(-c3cccc(-c4cccc5c4Oc4ccccc4C54c5ccccc5-c5c(-c6cccc7c6Oc6ccccc6N7c6nc(-c7ccccc7)nc(-c7ccccc7)n6)cccc54)c3)nc(-c3ccc(-c4cccc5c4-c4ccccc4C54c5ccccc5Oc5ccccc54)c4c3Sc3ccccc3O4)n2)cc1. The molecule has 0 saturated heterocycles. The van der Waals surface area contributed by atoms with Gasteiger partial charge in [0.2, 0.25) is 5.95 Å². The minimum atomic E-state index is -0.859. The Morgan fingerprint density at radius 1 is 0.224 bits per heavy atom. The average molecular weight is 1500 g/mol. The standard InChI is InChI=1S/C104H61N7O4S/c1-4-29-62(30-5-1)97-105-100(108-101(107-97)74-60-59-71(95-96(74)116-90-58-23-22-57-89(90)115-95)69-41-27-48-80-92(69)72-37-10-12-43-75(72)103(80)77-45-14-18-53-85(77)112-86-54-19-15-46-78(86)103)66-36-24-35-65(61-66)67-39-25-50-82-93(67)113-87-55-20-16-47-79(87)104(82)76-44-13-11-38-73(76)91-68(40-26-49-81(91)104)70-42-28-52-84-94(70)114-88-56-21-17-51-83(88)111(84)102-109-98(63-31-6-2-7-32-63)106-99(110-102)64-33-8-3-9-34-64/h1-61H. The number of fused-ring (bicyclic) bond motifs is 22. The van der Waals surface area contributed by atoms with Gasteiger partial charge in [0.05, 0.1) is 32.0 Å². The Hall–Kier alpha value is -15.1. The van der Waals surface area contributed by atoms with E-state index in [4.69, 9.17) is 48.9 Å². The van der Waals surface area contributed by atoms with Crippen molar-refractivity contribution in [3.8, 4) is 159 Å². The largest absolute Gasteiger partial charge is 0.457 e. The van der Waals surface area contributed by atoms with Crippen LogP contribution in [-0.4, -0.2) is 29.9 Å². The van der Waals surface area contributed by atoms with E-state index in [1.165, 1.54) is 11.1 Å². The molecule has 0 amide bonds. The second-order valence-electron chi connectivity index (χ2n) is 29.7. The summed E-state index contributed by atoms with van der Waals surface area (Å²) in [6.07, 6.45) is 0. The molecule has 2 aliphatic carbocycles. The molecule has 1 atom stereocenters. The lowest BCUT2D eigenvalue weighted by atomic mass is 9.65. The first-order valence-electron chi connectivity index (χ1n) is 38.9. The van der Waals surface area contributed by atoms with E-state index in [1.54, 1.807) is 11.8 Å². The van der Waals surface area contributed by atoms with Gasteiger partial charge in [0.1, 0.15) is 34.5 Å². The fraction of sp³-hybridized carbons (Fsp3) is 0.0192. The van der Waals surface area contributed by atoms with Crippen molar-refractivity contribution in [3.05, 3.63) is 415 Å². The van der Waals surface area contributed by atoms with Crippen LogP contribution in [0.15, 0.2) is 380 Å². The number of benzene rings is 16. The Morgan fingerprint density at radius 2 is 0.603 bits per heavy atom. The highest BCUT2D eigenvalue weighted by atomic mass is 32.2. The minimum Gasteiger partial charge on any atom is -0.457 e. The van der Waals surface area contributed by atoms with Gasteiger partial charge >= 0.3 is 0 Å². The van der Waals surface area contributed by atoms with Crippen LogP contribution >= 0.6 is 11.8 Å². The first-order chi connectivity index (χ1) is 57.5. The normalized spacial score (nSPS) is 14.5. The minimum absolute atomic E-state index is 0.463. The number of rotatable bonds is 9. The number of para-hydroxylation sites is 8. The summed E-state index contributed by atoms with van der Waals surface area (Å²) in [5.74, 6) is 9.19. The highest BCUT2D eigenvalue weighted by molar-refractivity contribution is 7.99. The fourth-order valence-corrected chi connectivity index (χ4v) is 19.9. The lowest BCUT2D eigenvalue weighted by Crippen LogP contribution is -2.32. The molecule has 542 valence electrons. The van der Waals surface area contributed by atoms with Gasteiger partial charge in [-0.2, -0.15) is 9.97 Å². The summed E-state index contributed by atoms with van der Waals surface area (Å²) in [4.78, 5) is 36.1. The van der Waals surface area contributed by atoms with Crippen LogP contribution in [0.3, 0.4) is 0 Å². The van der Waals surface area contributed by atoms with Crippen molar-refractivity contribution in [2.75, 3.05) is 4.90 Å². The number of hydrogen-bond acceptors (Lipinski definition) is 12. The molecule has 6 heterocycles. The summed E-state index contributed by atoms with van der Waals surface area (Å²) in [7, 11) is 0. The Morgan fingerprint density at radius 3 is 1.22 bits per heavy atom. The summed E-state index contributed by atoms with van der Waals surface area (Å²) in [5, 5.41) is 0. The highest BCUT2D eigenvalue weighted by Gasteiger charge is 2.54. The zero-order valence-corrected chi connectivity index (χ0v) is 62.7. The molecule has 12 heteroatoms. The molecule has 0 bridgehead atoms. The monoisotopic (exact) mass is 1500 g/mol. The molecule has 6 aliphatic rings. The van der Waals surface area contributed by atoms with Crippen molar-refractivity contribution in [3.63, 3.8) is 0 Å². The summed E-state index contributed by atoms with van der Waals surface area (Å²) in [5.41, 5.74) is 23.5. The van der Waals surface area contributed by atoms with Gasteiger partial charge in [-0.3, -0.25) is 4.90 Å². The molecule has 0 saturated carbocycles. The number of nitrogens with zero attached hydrogens (tertiary/aromatic N) is 7. The third kappa shape index (κ3) is 9.68. The molecule has 0 fully saturated rings. The van der Waals surface area contributed by atoms with Crippen LogP contribution in [0, 0.1) is 0 Å². The fourth-order valence-electron chi connectivity index (χ4n) is 18.8. The van der Waals surface area contributed by atoms with Gasteiger partial charge in [0, 0.05) is 66.8 Å². The zero-order chi connectivity index (χ0) is 76.2. The van der Waals surface area contributed by atoms with Crippen molar-refractivity contribution in [2.45, 2.75) is 20.6 Å². The molecular formula is C104H61N7O4S. The van der Waals surface area contributed by atoms with E-state index in [-0.39, 0.29) is 0 Å². The van der Waals surface area contributed by atoms with Gasteiger partial charge in [-0.05, 0) is 128 Å². The molecule has 4 aliphatic heterocycles. The van der Waals surface area contributed by atoms with Gasteiger partial charge in [-0.25, -0.2) is 19.9 Å². The summed E-state index contributed by atoms with van der Waals surface area (Å²) in [6.45, 7) is 0. The van der Waals surface area contributed by atoms with Crippen molar-refractivity contribution < 1.29 is 18.9 Å². The Labute approximate surface area is 672 Å². The molecule has 116 heavy (non-hydrogen) atoms. The smallest absolute Gasteiger partial charge is 0.239 e. The highest BCUT2D eigenvalue weighted by Crippen LogP contribution is 2.68. The first-order valence-corrected chi connectivity index (χ1v) is 39.7. The predicted molar refractivity (Wildman–Crippen MR) is 457 cm³/mol. The van der Waals surface area contributed by atoms with Crippen LogP contribution in [0.5, 0.6) is 46.0 Å². The van der Waals surface area contributed by atoms with E-state index < -0.39 is 10.8 Å². The second-order valence-corrected chi connectivity index (χ2v) is 30.8. The van der Waals surface area contributed by atoms with Gasteiger partial charge in [0.25, 0.3) is 0 Å². The van der Waals surface area contributed by atoms with Gasteiger partial charge in [-0.1, -0.05) is 315 Å². The maximum Gasteiger partial charge on any atom is 0.239 e. The molecule has 16 aromatic carbocycles.